The van der Waals surface area contributed by atoms with Crippen LogP contribution in [0.2, 0.25) is 0 Å². The Morgan fingerprint density at radius 1 is 1.40 bits per heavy atom. The number of carbonyl (C=O) groups excluding carboxylic acids is 1. The van der Waals surface area contributed by atoms with Gasteiger partial charge in [0.05, 0.1) is 17.9 Å². The number of rotatable bonds is 3. The van der Waals surface area contributed by atoms with Gasteiger partial charge < -0.3 is 9.64 Å². The highest BCUT2D eigenvalue weighted by molar-refractivity contribution is 7.19. The summed E-state index contributed by atoms with van der Waals surface area (Å²) in [5, 5.41) is 1.24. The van der Waals surface area contributed by atoms with E-state index in [4.69, 9.17) is 4.74 Å². The summed E-state index contributed by atoms with van der Waals surface area (Å²) in [5.41, 5.74) is 1.45. The SMILES string of the molecule is CCOC(=O)C1CCCN(c2ncnc3sc4c(c23)CCC(C)C4)C1. The van der Waals surface area contributed by atoms with E-state index in [0.29, 0.717) is 13.2 Å². The molecule has 134 valence electrons. The second-order valence-electron chi connectivity index (χ2n) is 7.27. The van der Waals surface area contributed by atoms with Gasteiger partial charge in [-0.1, -0.05) is 6.92 Å². The summed E-state index contributed by atoms with van der Waals surface area (Å²) in [6.07, 6.45) is 7.09. The zero-order valence-electron chi connectivity index (χ0n) is 15.0. The number of ether oxygens (including phenoxy) is 1. The minimum Gasteiger partial charge on any atom is -0.466 e. The van der Waals surface area contributed by atoms with Crippen LogP contribution in [0.25, 0.3) is 10.2 Å². The third-order valence-corrected chi connectivity index (χ3v) is 6.57. The Labute approximate surface area is 152 Å². The van der Waals surface area contributed by atoms with Gasteiger partial charge in [0.2, 0.25) is 0 Å². The van der Waals surface area contributed by atoms with E-state index in [1.165, 1.54) is 22.2 Å². The van der Waals surface area contributed by atoms with E-state index in [1.807, 2.05) is 18.3 Å². The summed E-state index contributed by atoms with van der Waals surface area (Å²) in [7, 11) is 0. The molecule has 25 heavy (non-hydrogen) atoms. The lowest BCUT2D eigenvalue weighted by Gasteiger charge is -2.33. The Morgan fingerprint density at radius 3 is 3.12 bits per heavy atom. The number of carbonyl (C=O) groups is 1. The zero-order valence-corrected chi connectivity index (χ0v) is 15.8. The van der Waals surface area contributed by atoms with Crippen molar-refractivity contribution in [1.29, 1.82) is 0 Å². The fourth-order valence-electron chi connectivity index (χ4n) is 4.12. The van der Waals surface area contributed by atoms with Crippen molar-refractivity contribution >= 4 is 33.3 Å². The highest BCUT2D eigenvalue weighted by Crippen LogP contribution is 2.41. The van der Waals surface area contributed by atoms with E-state index in [9.17, 15) is 4.79 Å². The molecule has 2 aliphatic rings. The van der Waals surface area contributed by atoms with E-state index in [0.717, 1.165) is 48.8 Å². The molecule has 0 spiro atoms. The summed E-state index contributed by atoms with van der Waals surface area (Å²) in [5.74, 6) is 1.65. The summed E-state index contributed by atoms with van der Waals surface area (Å²) < 4.78 is 5.24. The van der Waals surface area contributed by atoms with Crippen LogP contribution in [0.3, 0.4) is 0 Å². The van der Waals surface area contributed by atoms with Crippen molar-refractivity contribution in [3.05, 3.63) is 16.8 Å². The molecule has 0 aromatic carbocycles. The minimum absolute atomic E-state index is 0.0480. The molecule has 0 radical (unpaired) electrons. The van der Waals surface area contributed by atoms with Crippen LogP contribution in [-0.4, -0.2) is 35.6 Å². The second-order valence-corrected chi connectivity index (χ2v) is 8.35. The molecule has 0 amide bonds. The van der Waals surface area contributed by atoms with Crippen LogP contribution < -0.4 is 4.90 Å². The lowest BCUT2D eigenvalue weighted by atomic mass is 9.89. The van der Waals surface area contributed by atoms with Crippen LogP contribution in [0.15, 0.2) is 6.33 Å². The van der Waals surface area contributed by atoms with Gasteiger partial charge in [0.25, 0.3) is 0 Å². The number of thiophene rings is 1. The van der Waals surface area contributed by atoms with Gasteiger partial charge in [-0.05, 0) is 50.5 Å². The third kappa shape index (κ3) is 3.12. The quantitative estimate of drug-likeness (QED) is 0.784. The summed E-state index contributed by atoms with van der Waals surface area (Å²) in [6.45, 7) is 6.29. The molecule has 2 unspecified atom stereocenters. The van der Waals surface area contributed by atoms with E-state index < -0.39 is 0 Å². The third-order valence-electron chi connectivity index (χ3n) is 5.41. The van der Waals surface area contributed by atoms with Crippen molar-refractivity contribution in [1.82, 2.24) is 9.97 Å². The monoisotopic (exact) mass is 359 g/mol. The molecule has 4 rings (SSSR count). The number of nitrogens with zero attached hydrogens (tertiary/aromatic N) is 3. The number of esters is 1. The number of anilines is 1. The predicted octanol–water partition coefficient (Wildman–Crippen LogP) is 3.60. The van der Waals surface area contributed by atoms with E-state index >= 15 is 0 Å². The van der Waals surface area contributed by atoms with Crippen molar-refractivity contribution in [2.45, 2.75) is 46.0 Å². The van der Waals surface area contributed by atoms with Crippen LogP contribution in [0, 0.1) is 11.8 Å². The molecule has 0 saturated carbocycles. The van der Waals surface area contributed by atoms with Crippen molar-refractivity contribution in [3.63, 3.8) is 0 Å². The minimum atomic E-state index is -0.0707. The van der Waals surface area contributed by atoms with Crippen LogP contribution in [0.1, 0.15) is 43.6 Å². The van der Waals surface area contributed by atoms with Gasteiger partial charge in [-0.25, -0.2) is 9.97 Å². The maximum Gasteiger partial charge on any atom is 0.310 e. The van der Waals surface area contributed by atoms with Crippen molar-refractivity contribution in [2.75, 3.05) is 24.6 Å². The molecule has 3 heterocycles. The van der Waals surface area contributed by atoms with Gasteiger partial charge in [0.1, 0.15) is 17.0 Å². The Hall–Kier alpha value is -1.69. The fraction of sp³-hybridized carbons (Fsp3) is 0.632. The van der Waals surface area contributed by atoms with Crippen LogP contribution in [-0.2, 0) is 22.4 Å². The molecule has 0 N–H and O–H groups in total. The summed E-state index contributed by atoms with van der Waals surface area (Å²) in [4.78, 5) is 26.2. The number of piperidine rings is 1. The highest BCUT2D eigenvalue weighted by Gasteiger charge is 2.30. The maximum atomic E-state index is 12.2. The molecule has 0 bridgehead atoms. The largest absolute Gasteiger partial charge is 0.466 e. The van der Waals surface area contributed by atoms with Crippen LogP contribution in [0.4, 0.5) is 5.82 Å². The van der Waals surface area contributed by atoms with Crippen molar-refractivity contribution < 1.29 is 9.53 Å². The molecule has 1 fully saturated rings. The Balaban J connectivity index is 1.68. The number of hydrogen-bond acceptors (Lipinski definition) is 6. The van der Waals surface area contributed by atoms with Crippen molar-refractivity contribution in [3.8, 4) is 0 Å². The predicted molar refractivity (Wildman–Crippen MR) is 100 cm³/mol. The first-order valence-electron chi connectivity index (χ1n) is 9.34. The van der Waals surface area contributed by atoms with E-state index in [-0.39, 0.29) is 11.9 Å². The number of hydrogen-bond donors (Lipinski definition) is 0. The van der Waals surface area contributed by atoms with Gasteiger partial charge in [0.15, 0.2) is 0 Å². The number of aromatic nitrogens is 2. The molecule has 1 saturated heterocycles. The van der Waals surface area contributed by atoms with E-state index in [1.54, 1.807) is 6.33 Å². The van der Waals surface area contributed by atoms with Gasteiger partial charge >= 0.3 is 5.97 Å². The van der Waals surface area contributed by atoms with Crippen LogP contribution in [0.5, 0.6) is 0 Å². The summed E-state index contributed by atoms with van der Waals surface area (Å²) >= 11 is 1.83. The van der Waals surface area contributed by atoms with Gasteiger partial charge in [-0.2, -0.15) is 0 Å². The Bertz CT molecular complexity index is 788. The Morgan fingerprint density at radius 2 is 2.28 bits per heavy atom. The molecule has 6 heteroatoms. The Kier molecular flexibility index (Phi) is 4.63. The number of fused-ring (bicyclic) bond motifs is 3. The van der Waals surface area contributed by atoms with Crippen LogP contribution >= 0.6 is 11.3 Å². The normalized spacial score (nSPS) is 23.5. The molecule has 1 aliphatic heterocycles. The standard InChI is InChI=1S/C19H25N3O2S/c1-3-24-19(23)13-5-4-8-22(10-13)17-16-14-7-6-12(2)9-15(14)25-18(16)21-11-20-17/h11-13H,3-10H2,1-2H3. The average Bonchev–Trinajstić information content (AvgIpc) is 2.99. The molecular weight excluding hydrogens is 334 g/mol. The first-order valence-corrected chi connectivity index (χ1v) is 10.2. The second kappa shape index (κ2) is 6.90. The average molecular weight is 359 g/mol. The fourth-order valence-corrected chi connectivity index (χ4v) is 5.47. The first-order chi connectivity index (χ1) is 12.2. The highest BCUT2D eigenvalue weighted by atomic mass is 32.1. The van der Waals surface area contributed by atoms with E-state index in [2.05, 4.69) is 21.8 Å². The molecule has 2 aromatic heterocycles. The van der Waals surface area contributed by atoms with Crippen molar-refractivity contribution in [2.24, 2.45) is 11.8 Å². The lowest BCUT2D eigenvalue weighted by molar-refractivity contribution is -0.148. The van der Waals surface area contributed by atoms with Gasteiger partial charge in [-0.15, -0.1) is 11.3 Å². The molecular formula is C19H25N3O2S. The maximum absolute atomic E-state index is 12.2. The molecule has 1 aliphatic carbocycles. The molecule has 2 aromatic rings. The van der Waals surface area contributed by atoms with Gasteiger partial charge in [-0.3, -0.25) is 4.79 Å². The smallest absolute Gasteiger partial charge is 0.310 e. The zero-order chi connectivity index (χ0) is 17.4. The molecule has 2 atom stereocenters. The summed E-state index contributed by atoms with van der Waals surface area (Å²) in [6, 6.07) is 0. The first kappa shape index (κ1) is 16.8. The number of aryl methyl sites for hydroxylation is 1. The topological polar surface area (TPSA) is 55.3 Å². The van der Waals surface area contributed by atoms with Gasteiger partial charge in [0, 0.05) is 18.0 Å². The lowest BCUT2D eigenvalue weighted by Crippen LogP contribution is -2.40. The molecule has 5 nitrogen and oxygen atoms in total.